The van der Waals surface area contributed by atoms with Crippen LogP contribution in [0.4, 0.5) is 11.5 Å². The molecular weight excluding hydrogens is 184 g/mol. The van der Waals surface area contributed by atoms with Gasteiger partial charge in [-0.05, 0) is 13.8 Å². The molecule has 6 heteroatoms. The molecule has 1 aromatic heterocycles. The van der Waals surface area contributed by atoms with Gasteiger partial charge in [0.1, 0.15) is 11.4 Å². The molecule has 0 radical (unpaired) electrons. The molecule has 1 rings (SSSR count). The summed E-state index contributed by atoms with van der Waals surface area (Å²) >= 11 is 0. The number of aliphatic hydroxyl groups excluding tert-OH is 2. The van der Waals surface area contributed by atoms with Crippen molar-refractivity contribution in [2.24, 2.45) is 0 Å². The lowest BCUT2D eigenvalue weighted by Crippen LogP contribution is -2.45. The molecular formula is C8H16N4O2. The highest BCUT2D eigenvalue weighted by molar-refractivity contribution is 5.57. The maximum Gasteiger partial charge on any atom is 0.145 e. The fraction of sp³-hybridized carbons (Fsp3) is 0.625. The van der Waals surface area contributed by atoms with E-state index in [2.05, 4.69) is 5.10 Å². The standard InChI is InChI=1S/C8H16N4O2/c1-5(14)8(2,4-13)12-7(10)6(9)3-11-12/h3,5,13-14H,4,9-10H2,1-2H3. The van der Waals surface area contributed by atoms with E-state index >= 15 is 0 Å². The molecule has 0 saturated carbocycles. The van der Waals surface area contributed by atoms with Crippen LogP contribution in [0.3, 0.4) is 0 Å². The molecule has 0 spiro atoms. The van der Waals surface area contributed by atoms with Gasteiger partial charge in [-0.3, -0.25) is 0 Å². The fourth-order valence-corrected chi connectivity index (χ4v) is 1.15. The number of aromatic nitrogens is 2. The van der Waals surface area contributed by atoms with E-state index in [1.165, 1.54) is 10.9 Å². The highest BCUT2D eigenvalue weighted by Gasteiger charge is 2.34. The van der Waals surface area contributed by atoms with Crippen LogP contribution < -0.4 is 11.5 Å². The summed E-state index contributed by atoms with van der Waals surface area (Å²) in [4.78, 5) is 0. The van der Waals surface area contributed by atoms with Gasteiger partial charge in [-0.15, -0.1) is 0 Å². The number of aliphatic hydroxyl groups is 2. The molecule has 0 amide bonds. The Bertz CT molecular complexity index is 323. The lowest BCUT2D eigenvalue weighted by Gasteiger charge is -2.31. The van der Waals surface area contributed by atoms with Crippen molar-refractivity contribution in [3.63, 3.8) is 0 Å². The van der Waals surface area contributed by atoms with Crippen molar-refractivity contribution < 1.29 is 10.2 Å². The largest absolute Gasteiger partial charge is 0.394 e. The number of rotatable bonds is 3. The quantitative estimate of drug-likeness (QED) is 0.507. The Balaban J connectivity index is 3.19. The van der Waals surface area contributed by atoms with E-state index < -0.39 is 11.6 Å². The number of anilines is 2. The van der Waals surface area contributed by atoms with Crippen molar-refractivity contribution >= 4 is 11.5 Å². The van der Waals surface area contributed by atoms with Crippen LogP contribution in [0.2, 0.25) is 0 Å². The number of nitrogens with zero attached hydrogens (tertiary/aromatic N) is 2. The number of nitrogens with two attached hydrogens (primary N) is 2. The molecule has 0 saturated heterocycles. The van der Waals surface area contributed by atoms with Crippen LogP contribution >= 0.6 is 0 Å². The molecule has 0 aromatic carbocycles. The van der Waals surface area contributed by atoms with Crippen molar-refractivity contribution in [1.29, 1.82) is 0 Å². The van der Waals surface area contributed by atoms with Crippen LogP contribution in [0.25, 0.3) is 0 Å². The third kappa shape index (κ3) is 1.42. The Morgan fingerprint density at radius 1 is 1.64 bits per heavy atom. The maximum absolute atomic E-state index is 9.54. The van der Waals surface area contributed by atoms with Gasteiger partial charge >= 0.3 is 0 Å². The third-order valence-corrected chi connectivity index (χ3v) is 2.54. The van der Waals surface area contributed by atoms with E-state index in [9.17, 15) is 10.2 Å². The zero-order valence-electron chi connectivity index (χ0n) is 8.31. The monoisotopic (exact) mass is 200 g/mol. The van der Waals surface area contributed by atoms with Crippen LogP contribution in [0.1, 0.15) is 13.8 Å². The van der Waals surface area contributed by atoms with E-state index in [1.807, 2.05) is 0 Å². The Morgan fingerprint density at radius 2 is 2.21 bits per heavy atom. The second kappa shape index (κ2) is 3.47. The van der Waals surface area contributed by atoms with Crippen molar-refractivity contribution in [3.05, 3.63) is 6.20 Å². The Hall–Kier alpha value is -1.27. The minimum atomic E-state index is -0.943. The molecule has 2 atom stereocenters. The van der Waals surface area contributed by atoms with E-state index in [0.717, 1.165) is 0 Å². The van der Waals surface area contributed by atoms with Gasteiger partial charge in [0.05, 0.1) is 24.6 Å². The molecule has 0 aliphatic heterocycles. The first-order valence-corrected chi connectivity index (χ1v) is 4.32. The second-order valence-corrected chi connectivity index (χ2v) is 3.59. The zero-order chi connectivity index (χ0) is 10.9. The van der Waals surface area contributed by atoms with Gasteiger partial charge in [-0.1, -0.05) is 0 Å². The smallest absolute Gasteiger partial charge is 0.145 e. The molecule has 2 unspecified atom stereocenters. The van der Waals surface area contributed by atoms with Crippen LogP contribution in [-0.2, 0) is 5.54 Å². The van der Waals surface area contributed by atoms with Crippen LogP contribution in [0.5, 0.6) is 0 Å². The van der Waals surface area contributed by atoms with Crippen LogP contribution in [0.15, 0.2) is 6.20 Å². The van der Waals surface area contributed by atoms with Crippen molar-refractivity contribution in [3.8, 4) is 0 Å². The molecule has 0 fully saturated rings. The summed E-state index contributed by atoms with van der Waals surface area (Å²) in [5, 5.41) is 22.7. The first-order chi connectivity index (χ1) is 6.43. The molecule has 6 nitrogen and oxygen atoms in total. The summed E-state index contributed by atoms with van der Waals surface area (Å²) in [7, 11) is 0. The summed E-state index contributed by atoms with van der Waals surface area (Å²) in [6, 6.07) is 0. The first-order valence-electron chi connectivity index (χ1n) is 4.32. The Morgan fingerprint density at radius 3 is 2.50 bits per heavy atom. The molecule has 14 heavy (non-hydrogen) atoms. The number of hydrogen-bond donors (Lipinski definition) is 4. The minimum Gasteiger partial charge on any atom is -0.394 e. The van der Waals surface area contributed by atoms with Gasteiger partial charge in [-0.2, -0.15) is 5.10 Å². The van der Waals surface area contributed by atoms with Crippen LogP contribution in [-0.4, -0.2) is 32.7 Å². The normalized spacial score (nSPS) is 17.7. The van der Waals surface area contributed by atoms with Gasteiger partial charge < -0.3 is 21.7 Å². The lowest BCUT2D eigenvalue weighted by atomic mass is 9.97. The van der Waals surface area contributed by atoms with E-state index in [4.69, 9.17) is 11.5 Å². The molecule has 6 N–H and O–H groups in total. The van der Waals surface area contributed by atoms with Crippen molar-refractivity contribution in [2.75, 3.05) is 18.1 Å². The molecule has 0 bridgehead atoms. The Kier molecular flexibility index (Phi) is 2.68. The predicted molar refractivity (Wildman–Crippen MR) is 53.5 cm³/mol. The van der Waals surface area contributed by atoms with E-state index in [-0.39, 0.29) is 12.4 Å². The number of nitrogen functional groups attached to an aromatic ring is 2. The second-order valence-electron chi connectivity index (χ2n) is 3.59. The minimum absolute atomic E-state index is 0.252. The van der Waals surface area contributed by atoms with Gasteiger partial charge in [0.25, 0.3) is 0 Å². The van der Waals surface area contributed by atoms with E-state index in [1.54, 1.807) is 13.8 Å². The van der Waals surface area contributed by atoms with E-state index in [0.29, 0.717) is 5.69 Å². The molecule has 0 aliphatic carbocycles. The topological polar surface area (TPSA) is 110 Å². The summed E-state index contributed by atoms with van der Waals surface area (Å²) < 4.78 is 1.34. The number of hydrogen-bond acceptors (Lipinski definition) is 5. The summed E-state index contributed by atoms with van der Waals surface area (Å²) in [5.41, 5.74) is 10.6. The van der Waals surface area contributed by atoms with Crippen LogP contribution in [0, 0.1) is 0 Å². The van der Waals surface area contributed by atoms with Gasteiger partial charge in [0, 0.05) is 0 Å². The average molecular weight is 200 g/mol. The lowest BCUT2D eigenvalue weighted by molar-refractivity contribution is 0.00923. The zero-order valence-corrected chi connectivity index (χ0v) is 8.31. The first kappa shape index (κ1) is 10.8. The van der Waals surface area contributed by atoms with Gasteiger partial charge in [0.2, 0.25) is 0 Å². The fourth-order valence-electron chi connectivity index (χ4n) is 1.15. The van der Waals surface area contributed by atoms with Crippen molar-refractivity contribution in [2.45, 2.75) is 25.5 Å². The molecule has 80 valence electrons. The molecule has 1 heterocycles. The summed E-state index contributed by atoms with van der Waals surface area (Å²) in [6.07, 6.45) is 0.611. The SMILES string of the molecule is CC(O)C(C)(CO)n1ncc(N)c1N. The van der Waals surface area contributed by atoms with Gasteiger partial charge in [-0.25, -0.2) is 4.68 Å². The summed E-state index contributed by atoms with van der Waals surface area (Å²) in [5.74, 6) is 0.252. The summed E-state index contributed by atoms with van der Waals surface area (Å²) in [6.45, 7) is 2.95. The third-order valence-electron chi connectivity index (χ3n) is 2.54. The van der Waals surface area contributed by atoms with Crippen molar-refractivity contribution in [1.82, 2.24) is 9.78 Å². The molecule has 1 aromatic rings. The predicted octanol–water partition coefficient (Wildman–Crippen LogP) is -0.864. The van der Waals surface area contributed by atoms with Gasteiger partial charge in [0.15, 0.2) is 0 Å². The highest BCUT2D eigenvalue weighted by Crippen LogP contribution is 2.25. The highest BCUT2D eigenvalue weighted by atomic mass is 16.3. The Labute approximate surface area is 82.1 Å². The maximum atomic E-state index is 9.54. The molecule has 0 aliphatic rings. The average Bonchev–Trinajstić information content (AvgIpc) is 2.46.